The molecule has 0 radical (unpaired) electrons. The molecule has 1 fully saturated rings. The van der Waals surface area contributed by atoms with E-state index >= 15 is 0 Å². The van der Waals surface area contributed by atoms with Crippen LogP contribution >= 0.6 is 23.7 Å². The quantitative estimate of drug-likeness (QED) is 0.876. The van der Waals surface area contributed by atoms with Crippen molar-refractivity contribution in [3.05, 3.63) is 11.1 Å². The SMILES string of the molecule is Cl.Nc1ncc(CNCC2CCCCC2)s1. The predicted molar refractivity (Wildman–Crippen MR) is 72.1 cm³/mol. The lowest BCUT2D eigenvalue weighted by atomic mass is 9.89. The highest BCUT2D eigenvalue weighted by Crippen LogP contribution is 2.23. The third-order valence-corrected chi connectivity index (χ3v) is 3.85. The number of nitrogens with two attached hydrogens (primary N) is 1. The molecule has 0 atom stereocenters. The van der Waals surface area contributed by atoms with Crippen LogP contribution in [0.1, 0.15) is 37.0 Å². The molecule has 1 aromatic rings. The van der Waals surface area contributed by atoms with E-state index < -0.39 is 0 Å². The fourth-order valence-corrected chi connectivity index (χ4v) is 2.85. The Kier molecular flexibility index (Phi) is 6.09. The minimum atomic E-state index is 0. The van der Waals surface area contributed by atoms with E-state index in [-0.39, 0.29) is 12.4 Å². The zero-order chi connectivity index (χ0) is 10.5. The van der Waals surface area contributed by atoms with Crippen LogP contribution in [-0.4, -0.2) is 11.5 Å². The predicted octanol–water partition coefficient (Wildman–Crippen LogP) is 2.82. The van der Waals surface area contributed by atoms with E-state index in [0.717, 1.165) is 19.0 Å². The Morgan fingerprint density at radius 2 is 2.12 bits per heavy atom. The standard InChI is InChI=1S/C11H19N3S.ClH/c12-11-14-8-10(15-11)7-13-6-9-4-2-1-3-5-9;/h8-9,13H,1-7H2,(H2,12,14);1H. The number of halogens is 1. The van der Waals surface area contributed by atoms with Crippen LogP contribution in [0.4, 0.5) is 5.13 Å². The van der Waals surface area contributed by atoms with Crippen molar-refractivity contribution in [2.24, 2.45) is 5.92 Å². The molecule has 92 valence electrons. The number of hydrogen-bond donors (Lipinski definition) is 2. The number of nitrogen functional groups attached to an aromatic ring is 1. The second kappa shape index (κ2) is 7.09. The maximum atomic E-state index is 5.57. The van der Waals surface area contributed by atoms with Crippen LogP contribution < -0.4 is 11.1 Å². The molecule has 0 unspecified atom stereocenters. The van der Waals surface area contributed by atoms with Gasteiger partial charge < -0.3 is 11.1 Å². The number of thiazole rings is 1. The number of aromatic nitrogens is 1. The molecule has 1 aromatic heterocycles. The summed E-state index contributed by atoms with van der Waals surface area (Å²) in [6.45, 7) is 2.07. The fourth-order valence-electron chi connectivity index (χ4n) is 2.20. The first kappa shape index (κ1) is 13.7. The van der Waals surface area contributed by atoms with E-state index in [1.165, 1.54) is 37.0 Å². The third-order valence-electron chi connectivity index (χ3n) is 3.03. The number of anilines is 1. The zero-order valence-corrected chi connectivity index (χ0v) is 11.1. The smallest absolute Gasteiger partial charge is 0.180 e. The van der Waals surface area contributed by atoms with Gasteiger partial charge in [-0.15, -0.1) is 23.7 Å². The molecule has 0 spiro atoms. The van der Waals surface area contributed by atoms with Crippen LogP contribution in [0, 0.1) is 5.92 Å². The van der Waals surface area contributed by atoms with E-state index in [2.05, 4.69) is 10.3 Å². The van der Waals surface area contributed by atoms with Crippen molar-refractivity contribution in [1.82, 2.24) is 10.3 Å². The van der Waals surface area contributed by atoms with E-state index in [1.807, 2.05) is 6.20 Å². The summed E-state index contributed by atoms with van der Waals surface area (Å²) in [6.07, 6.45) is 8.94. The van der Waals surface area contributed by atoms with Gasteiger partial charge in [-0.1, -0.05) is 19.3 Å². The summed E-state index contributed by atoms with van der Waals surface area (Å²) >= 11 is 1.58. The molecule has 0 amide bonds. The molecule has 0 saturated heterocycles. The first-order chi connectivity index (χ1) is 7.34. The van der Waals surface area contributed by atoms with Crippen LogP contribution in [0.3, 0.4) is 0 Å². The maximum Gasteiger partial charge on any atom is 0.180 e. The van der Waals surface area contributed by atoms with Crippen molar-refractivity contribution >= 4 is 28.9 Å². The molecule has 0 aromatic carbocycles. The Morgan fingerprint density at radius 1 is 1.38 bits per heavy atom. The van der Waals surface area contributed by atoms with Crippen molar-refractivity contribution in [3.8, 4) is 0 Å². The molecule has 5 heteroatoms. The number of hydrogen-bond acceptors (Lipinski definition) is 4. The summed E-state index contributed by atoms with van der Waals surface area (Å²) in [6, 6.07) is 0. The van der Waals surface area contributed by atoms with Gasteiger partial charge in [-0.25, -0.2) is 4.98 Å². The monoisotopic (exact) mass is 261 g/mol. The number of nitrogens with one attached hydrogen (secondary N) is 1. The van der Waals surface area contributed by atoms with Crippen molar-refractivity contribution in [2.45, 2.75) is 38.6 Å². The van der Waals surface area contributed by atoms with Crippen LogP contribution in [0.25, 0.3) is 0 Å². The van der Waals surface area contributed by atoms with Crippen LogP contribution in [-0.2, 0) is 6.54 Å². The van der Waals surface area contributed by atoms with Gasteiger partial charge in [0.25, 0.3) is 0 Å². The van der Waals surface area contributed by atoms with Gasteiger partial charge in [-0.3, -0.25) is 0 Å². The second-order valence-corrected chi connectivity index (χ2v) is 5.45. The lowest BCUT2D eigenvalue weighted by molar-refractivity contribution is 0.342. The van der Waals surface area contributed by atoms with Gasteiger partial charge in [-0.2, -0.15) is 0 Å². The van der Waals surface area contributed by atoms with Crippen molar-refractivity contribution in [3.63, 3.8) is 0 Å². The van der Waals surface area contributed by atoms with Gasteiger partial charge in [0.15, 0.2) is 5.13 Å². The maximum absolute atomic E-state index is 5.57. The molecular formula is C11H20ClN3S. The number of nitrogens with zero attached hydrogens (tertiary/aromatic N) is 1. The summed E-state index contributed by atoms with van der Waals surface area (Å²) in [5.41, 5.74) is 5.57. The summed E-state index contributed by atoms with van der Waals surface area (Å²) in [7, 11) is 0. The van der Waals surface area contributed by atoms with E-state index in [4.69, 9.17) is 5.73 Å². The van der Waals surface area contributed by atoms with Crippen molar-refractivity contribution in [1.29, 1.82) is 0 Å². The van der Waals surface area contributed by atoms with E-state index in [9.17, 15) is 0 Å². The summed E-state index contributed by atoms with van der Waals surface area (Å²) in [4.78, 5) is 5.28. The van der Waals surface area contributed by atoms with Gasteiger partial charge in [0.2, 0.25) is 0 Å². The minimum Gasteiger partial charge on any atom is -0.375 e. The normalized spacial score (nSPS) is 17.0. The lowest BCUT2D eigenvalue weighted by Crippen LogP contribution is -2.23. The largest absolute Gasteiger partial charge is 0.375 e. The molecule has 3 nitrogen and oxygen atoms in total. The number of rotatable bonds is 4. The highest BCUT2D eigenvalue weighted by Gasteiger charge is 2.12. The highest BCUT2D eigenvalue weighted by atomic mass is 35.5. The average molecular weight is 262 g/mol. The van der Waals surface area contributed by atoms with E-state index in [1.54, 1.807) is 11.3 Å². The molecule has 1 saturated carbocycles. The first-order valence-electron chi connectivity index (χ1n) is 5.75. The molecule has 0 bridgehead atoms. The average Bonchev–Trinajstić information content (AvgIpc) is 2.66. The summed E-state index contributed by atoms with van der Waals surface area (Å²) in [5, 5.41) is 4.17. The summed E-state index contributed by atoms with van der Waals surface area (Å²) < 4.78 is 0. The van der Waals surface area contributed by atoms with E-state index in [0.29, 0.717) is 5.13 Å². The summed E-state index contributed by atoms with van der Waals surface area (Å²) in [5.74, 6) is 0.893. The van der Waals surface area contributed by atoms with Gasteiger partial charge in [0.05, 0.1) is 0 Å². The van der Waals surface area contributed by atoms with Crippen LogP contribution in [0.2, 0.25) is 0 Å². The van der Waals surface area contributed by atoms with Crippen molar-refractivity contribution in [2.75, 3.05) is 12.3 Å². The zero-order valence-electron chi connectivity index (χ0n) is 9.45. The van der Waals surface area contributed by atoms with Gasteiger partial charge in [-0.05, 0) is 25.3 Å². The van der Waals surface area contributed by atoms with Crippen LogP contribution in [0.15, 0.2) is 6.20 Å². The Labute approximate surface area is 107 Å². The molecule has 3 N–H and O–H groups in total. The molecule has 16 heavy (non-hydrogen) atoms. The highest BCUT2D eigenvalue weighted by molar-refractivity contribution is 7.15. The Morgan fingerprint density at radius 3 is 2.75 bits per heavy atom. The van der Waals surface area contributed by atoms with Gasteiger partial charge in [0, 0.05) is 17.6 Å². The first-order valence-corrected chi connectivity index (χ1v) is 6.57. The Bertz CT molecular complexity index is 297. The second-order valence-electron chi connectivity index (χ2n) is 4.30. The van der Waals surface area contributed by atoms with Crippen molar-refractivity contribution < 1.29 is 0 Å². The Balaban J connectivity index is 0.00000128. The molecule has 0 aliphatic heterocycles. The Hall–Kier alpha value is -0.320. The topological polar surface area (TPSA) is 50.9 Å². The molecular weight excluding hydrogens is 242 g/mol. The van der Waals surface area contributed by atoms with Gasteiger partial charge >= 0.3 is 0 Å². The van der Waals surface area contributed by atoms with Crippen LogP contribution in [0.5, 0.6) is 0 Å². The molecule has 1 aliphatic carbocycles. The fraction of sp³-hybridized carbons (Fsp3) is 0.727. The molecule has 1 heterocycles. The molecule has 1 aliphatic rings. The lowest BCUT2D eigenvalue weighted by Gasteiger charge is -2.21. The molecule has 2 rings (SSSR count). The van der Waals surface area contributed by atoms with Gasteiger partial charge in [0.1, 0.15) is 0 Å². The minimum absolute atomic E-state index is 0. The third kappa shape index (κ3) is 4.28.